The van der Waals surface area contributed by atoms with Crippen LogP contribution in [0.5, 0.6) is 0 Å². The third-order valence-electron chi connectivity index (χ3n) is 3.21. The van der Waals surface area contributed by atoms with Crippen LogP contribution in [0.4, 0.5) is 0 Å². The van der Waals surface area contributed by atoms with E-state index < -0.39 is 6.04 Å². The highest BCUT2D eigenvalue weighted by Gasteiger charge is 2.21. The van der Waals surface area contributed by atoms with Crippen molar-refractivity contribution in [2.24, 2.45) is 11.7 Å². The Morgan fingerprint density at radius 1 is 1.37 bits per heavy atom. The van der Waals surface area contributed by atoms with Gasteiger partial charge in [0.1, 0.15) is 0 Å². The highest BCUT2D eigenvalue weighted by molar-refractivity contribution is 7.98. The number of amides is 2. The van der Waals surface area contributed by atoms with Gasteiger partial charge in [0.2, 0.25) is 11.8 Å². The maximum atomic E-state index is 12.0. The number of hydrogen-bond acceptors (Lipinski definition) is 4. The van der Waals surface area contributed by atoms with Gasteiger partial charge in [0, 0.05) is 18.8 Å². The third-order valence-corrected chi connectivity index (χ3v) is 3.92. The summed E-state index contributed by atoms with van der Waals surface area (Å²) in [6.45, 7) is 5.83. The first kappa shape index (κ1) is 18.2. The summed E-state index contributed by atoms with van der Waals surface area (Å²) in [5.41, 5.74) is 5.72. The van der Waals surface area contributed by atoms with Crippen LogP contribution in [0.2, 0.25) is 0 Å². The van der Waals surface area contributed by atoms with E-state index in [9.17, 15) is 9.59 Å². The van der Waals surface area contributed by atoms with E-state index in [1.54, 1.807) is 23.7 Å². The molecular weight excluding hydrogens is 262 g/mol. The van der Waals surface area contributed by atoms with E-state index in [1.165, 1.54) is 0 Å². The second-order valence-electron chi connectivity index (χ2n) is 5.01. The fourth-order valence-corrected chi connectivity index (χ4v) is 2.45. The predicted octanol–water partition coefficient (Wildman–Crippen LogP) is 0.686. The quantitative estimate of drug-likeness (QED) is 0.689. The van der Waals surface area contributed by atoms with Crippen molar-refractivity contribution in [2.45, 2.75) is 39.3 Å². The molecule has 0 fully saturated rings. The van der Waals surface area contributed by atoms with E-state index in [0.29, 0.717) is 0 Å². The Kier molecular flexibility index (Phi) is 8.84. The second-order valence-corrected chi connectivity index (χ2v) is 5.92. The zero-order chi connectivity index (χ0) is 15.0. The standard InChI is InChI=1S/C13H27N3O2S/c1-6-10(8-19-5)16(4)11(17)7-15-13(18)12(14)9(2)3/h9-10,12H,6-8,14H2,1-5H3,(H,15,18)/t10?,12-/m0/s1. The summed E-state index contributed by atoms with van der Waals surface area (Å²) in [6.07, 6.45) is 2.92. The van der Waals surface area contributed by atoms with Crippen LogP contribution in [-0.2, 0) is 9.59 Å². The molecule has 2 amide bonds. The van der Waals surface area contributed by atoms with Gasteiger partial charge in [-0.25, -0.2) is 0 Å². The van der Waals surface area contributed by atoms with Crippen LogP contribution in [0.25, 0.3) is 0 Å². The monoisotopic (exact) mass is 289 g/mol. The van der Waals surface area contributed by atoms with E-state index in [2.05, 4.69) is 12.2 Å². The van der Waals surface area contributed by atoms with Gasteiger partial charge in [0.05, 0.1) is 12.6 Å². The van der Waals surface area contributed by atoms with Crippen LogP contribution < -0.4 is 11.1 Å². The Morgan fingerprint density at radius 2 is 1.95 bits per heavy atom. The van der Waals surface area contributed by atoms with Gasteiger partial charge in [-0.1, -0.05) is 20.8 Å². The van der Waals surface area contributed by atoms with E-state index >= 15 is 0 Å². The molecule has 0 aliphatic carbocycles. The van der Waals surface area contributed by atoms with Gasteiger partial charge in [-0.2, -0.15) is 11.8 Å². The highest BCUT2D eigenvalue weighted by Crippen LogP contribution is 2.08. The summed E-state index contributed by atoms with van der Waals surface area (Å²) in [5.74, 6) is 0.616. The molecule has 0 bridgehead atoms. The number of nitrogens with two attached hydrogens (primary N) is 1. The molecule has 19 heavy (non-hydrogen) atoms. The average Bonchev–Trinajstić information content (AvgIpc) is 2.39. The molecular formula is C13H27N3O2S. The van der Waals surface area contributed by atoms with Gasteiger partial charge in [-0.3, -0.25) is 9.59 Å². The molecule has 1 unspecified atom stereocenters. The Morgan fingerprint density at radius 3 is 2.37 bits per heavy atom. The van der Waals surface area contributed by atoms with Gasteiger partial charge in [0.15, 0.2) is 0 Å². The number of nitrogens with zero attached hydrogens (tertiary/aromatic N) is 1. The molecule has 0 saturated carbocycles. The lowest BCUT2D eigenvalue weighted by Crippen LogP contribution is -2.49. The molecule has 0 aromatic heterocycles. The zero-order valence-corrected chi connectivity index (χ0v) is 13.4. The maximum Gasteiger partial charge on any atom is 0.241 e. The predicted molar refractivity (Wildman–Crippen MR) is 81.1 cm³/mol. The van der Waals surface area contributed by atoms with Crippen LogP contribution in [-0.4, -0.2) is 54.4 Å². The first-order valence-electron chi connectivity index (χ1n) is 6.62. The second kappa shape index (κ2) is 9.20. The molecule has 0 spiro atoms. The molecule has 5 nitrogen and oxygen atoms in total. The molecule has 0 aromatic carbocycles. The third kappa shape index (κ3) is 6.29. The Labute approximate surface area is 120 Å². The van der Waals surface area contributed by atoms with Crippen molar-refractivity contribution < 1.29 is 9.59 Å². The maximum absolute atomic E-state index is 12.0. The number of nitrogens with one attached hydrogen (secondary N) is 1. The first-order valence-corrected chi connectivity index (χ1v) is 8.02. The minimum Gasteiger partial charge on any atom is -0.346 e. The lowest BCUT2D eigenvalue weighted by molar-refractivity contribution is -0.133. The average molecular weight is 289 g/mol. The smallest absolute Gasteiger partial charge is 0.241 e. The number of rotatable bonds is 8. The molecule has 0 rings (SSSR count). The fourth-order valence-electron chi connectivity index (χ4n) is 1.61. The minimum atomic E-state index is -0.564. The number of hydrogen-bond donors (Lipinski definition) is 2. The summed E-state index contributed by atoms with van der Waals surface area (Å²) in [5, 5.41) is 2.60. The van der Waals surface area contributed by atoms with Crippen molar-refractivity contribution >= 4 is 23.6 Å². The van der Waals surface area contributed by atoms with Gasteiger partial charge >= 0.3 is 0 Å². The van der Waals surface area contributed by atoms with Gasteiger partial charge in [-0.15, -0.1) is 0 Å². The normalized spacial score (nSPS) is 14.1. The molecule has 2 atom stereocenters. The molecule has 0 aliphatic rings. The summed E-state index contributed by atoms with van der Waals surface area (Å²) >= 11 is 1.71. The van der Waals surface area contributed by atoms with Crippen LogP contribution in [0.1, 0.15) is 27.2 Å². The molecule has 3 N–H and O–H groups in total. The van der Waals surface area contributed by atoms with Crippen molar-refractivity contribution in [3.63, 3.8) is 0 Å². The van der Waals surface area contributed by atoms with Gasteiger partial charge in [-0.05, 0) is 18.6 Å². The molecule has 0 heterocycles. The Hall–Kier alpha value is -0.750. The summed E-state index contributed by atoms with van der Waals surface area (Å²) < 4.78 is 0. The van der Waals surface area contributed by atoms with Gasteiger partial charge in [0.25, 0.3) is 0 Å². The van der Waals surface area contributed by atoms with Crippen LogP contribution >= 0.6 is 11.8 Å². The van der Waals surface area contributed by atoms with E-state index in [-0.39, 0.29) is 30.3 Å². The van der Waals surface area contributed by atoms with E-state index in [1.807, 2.05) is 20.1 Å². The Balaban J connectivity index is 4.26. The number of carbonyl (C=O) groups is 2. The lowest BCUT2D eigenvalue weighted by atomic mass is 10.1. The van der Waals surface area contributed by atoms with Crippen molar-refractivity contribution in [1.29, 1.82) is 0 Å². The van der Waals surface area contributed by atoms with Crippen LogP contribution in [0.15, 0.2) is 0 Å². The molecule has 112 valence electrons. The summed E-state index contributed by atoms with van der Waals surface area (Å²) in [4.78, 5) is 25.3. The fraction of sp³-hybridized carbons (Fsp3) is 0.846. The topological polar surface area (TPSA) is 75.4 Å². The van der Waals surface area contributed by atoms with Gasteiger partial charge < -0.3 is 16.0 Å². The van der Waals surface area contributed by atoms with Crippen LogP contribution in [0.3, 0.4) is 0 Å². The molecule has 0 aromatic rings. The largest absolute Gasteiger partial charge is 0.346 e. The zero-order valence-electron chi connectivity index (χ0n) is 12.6. The van der Waals surface area contributed by atoms with Crippen molar-refractivity contribution in [3.8, 4) is 0 Å². The van der Waals surface area contributed by atoms with Crippen molar-refractivity contribution in [2.75, 3.05) is 25.6 Å². The van der Waals surface area contributed by atoms with Crippen molar-refractivity contribution in [3.05, 3.63) is 0 Å². The first-order chi connectivity index (χ1) is 8.84. The molecule has 0 radical (unpaired) electrons. The van der Waals surface area contributed by atoms with Crippen molar-refractivity contribution in [1.82, 2.24) is 10.2 Å². The summed E-state index contributed by atoms with van der Waals surface area (Å²) in [6, 6.07) is -0.357. The Bertz CT molecular complexity index is 298. The summed E-state index contributed by atoms with van der Waals surface area (Å²) in [7, 11) is 1.78. The molecule has 0 aliphatic heterocycles. The lowest BCUT2D eigenvalue weighted by Gasteiger charge is -2.27. The van der Waals surface area contributed by atoms with E-state index in [0.717, 1.165) is 12.2 Å². The molecule has 0 saturated heterocycles. The van der Waals surface area contributed by atoms with E-state index in [4.69, 9.17) is 5.73 Å². The number of carbonyl (C=O) groups excluding carboxylic acids is 2. The molecule has 6 heteroatoms. The highest BCUT2D eigenvalue weighted by atomic mass is 32.2. The van der Waals surface area contributed by atoms with Crippen LogP contribution in [0, 0.1) is 5.92 Å². The number of likely N-dealkylation sites (N-methyl/N-ethyl adjacent to an activating group) is 1. The SMILES string of the molecule is CCC(CSC)N(C)C(=O)CNC(=O)[C@@H](N)C(C)C. The number of thioether (sulfide) groups is 1. The minimum absolute atomic E-state index is 0.0145.